The van der Waals surface area contributed by atoms with Gasteiger partial charge in [-0.05, 0) is 19.3 Å². The molecule has 0 bridgehead atoms. The fourth-order valence-electron chi connectivity index (χ4n) is 2.76. The number of nitrogens with zero attached hydrogens (tertiary/aromatic N) is 3. The molecular formula is C12H20N4O3. The Morgan fingerprint density at radius 2 is 2.16 bits per heavy atom. The summed E-state index contributed by atoms with van der Waals surface area (Å²) in [5, 5.41) is 28.2. The number of aryl methyl sites for hydroxylation is 2. The number of aliphatic hydroxyl groups excluding tert-OH is 1. The minimum Gasteiger partial charge on any atom is -0.394 e. The molecule has 1 aromatic rings. The van der Waals surface area contributed by atoms with E-state index in [0.29, 0.717) is 17.9 Å². The van der Waals surface area contributed by atoms with Gasteiger partial charge in [-0.2, -0.15) is 5.10 Å². The molecule has 7 heteroatoms. The Kier molecular flexibility index (Phi) is 3.75. The lowest BCUT2D eigenvalue weighted by Gasteiger charge is -2.28. The van der Waals surface area contributed by atoms with Crippen molar-refractivity contribution < 1.29 is 10.0 Å². The molecular weight excluding hydrogens is 248 g/mol. The van der Waals surface area contributed by atoms with E-state index < -0.39 is 10.5 Å². The first-order valence-electron chi connectivity index (χ1n) is 6.62. The van der Waals surface area contributed by atoms with Gasteiger partial charge >= 0.3 is 5.69 Å². The summed E-state index contributed by atoms with van der Waals surface area (Å²) in [5.41, 5.74) is 0.0645. The van der Waals surface area contributed by atoms with Gasteiger partial charge < -0.3 is 10.4 Å². The van der Waals surface area contributed by atoms with Crippen LogP contribution in [0.15, 0.2) is 0 Å². The monoisotopic (exact) mass is 268 g/mol. The van der Waals surface area contributed by atoms with Gasteiger partial charge in [-0.15, -0.1) is 0 Å². The number of anilines is 1. The van der Waals surface area contributed by atoms with Gasteiger partial charge in [-0.3, -0.25) is 10.1 Å². The first-order valence-corrected chi connectivity index (χ1v) is 6.62. The van der Waals surface area contributed by atoms with Gasteiger partial charge in [0.15, 0.2) is 0 Å². The van der Waals surface area contributed by atoms with Crippen molar-refractivity contribution in [3.05, 3.63) is 15.8 Å². The lowest BCUT2D eigenvalue weighted by Crippen LogP contribution is -2.39. The molecule has 2 N–H and O–H groups in total. The topological polar surface area (TPSA) is 93.2 Å². The minimum absolute atomic E-state index is 0.0171. The van der Waals surface area contributed by atoms with Gasteiger partial charge in [0.1, 0.15) is 5.69 Å². The summed E-state index contributed by atoms with van der Waals surface area (Å²) in [5.74, 6) is 0.401. The summed E-state index contributed by atoms with van der Waals surface area (Å²) in [6.45, 7) is 1.83. The third-order valence-corrected chi connectivity index (χ3v) is 3.86. The molecule has 1 saturated carbocycles. The van der Waals surface area contributed by atoms with Crippen molar-refractivity contribution in [2.24, 2.45) is 7.05 Å². The van der Waals surface area contributed by atoms with Crippen molar-refractivity contribution in [3.63, 3.8) is 0 Å². The number of hydrogen-bond donors (Lipinski definition) is 2. The van der Waals surface area contributed by atoms with Crippen molar-refractivity contribution in [3.8, 4) is 0 Å². The second-order valence-corrected chi connectivity index (χ2v) is 5.15. The molecule has 1 fully saturated rings. The quantitative estimate of drug-likeness (QED) is 0.625. The average Bonchev–Trinajstić information content (AvgIpc) is 2.96. The summed E-state index contributed by atoms with van der Waals surface area (Å²) in [6, 6.07) is 0. The SMILES string of the molecule is CCc1nn(C)c(NC2(CO)CCCC2)c1[N+](=O)[O-]. The first kappa shape index (κ1) is 13.8. The maximum atomic E-state index is 11.2. The molecule has 0 aliphatic heterocycles. The summed E-state index contributed by atoms with van der Waals surface area (Å²) in [4.78, 5) is 10.8. The molecule has 1 aromatic heterocycles. The van der Waals surface area contributed by atoms with E-state index in [0.717, 1.165) is 25.7 Å². The van der Waals surface area contributed by atoms with Crippen LogP contribution in [-0.2, 0) is 13.5 Å². The van der Waals surface area contributed by atoms with Gasteiger partial charge in [0.25, 0.3) is 0 Å². The van der Waals surface area contributed by atoms with E-state index >= 15 is 0 Å². The Morgan fingerprint density at radius 3 is 2.63 bits per heavy atom. The first-order chi connectivity index (χ1) is 9.03. The van der Waals surface area contributed by atoms with Gasteiger partial charge in [-0.1, -0.05) is 19.8 Å². The van der Waals surface area contributed by atoms with Crippen molar-refractivity contribution in [1.82, 2.24) is 9.78 Å². The zero-order valence-electron chi connectivity index (χ0n) is 11.3. The summed E-state index contributed by atoms with van der Waals surface area (Å²) in [6.07, 6.45) is 4.22. The summed E-state index contributed by atoms with van der Waals surface area (Å²) < 4.78 is 1.51. The molecule has 106 valence electrons. The summed E-state index contributed by atoms with van der Waals surface area (Å²) in [7, 11) is 1.69. The van der Waals surface area contributed by atoms with Crippen LogP contribution in [0.4, 0.5) is 11.5 Å². The molecule has 0 spiro atoms. The molecule has 1 aliphatic carbocycles. The zero-order chi connectivity index (χ0) is 14.0. The van der Waals surface area contributed by atoms with Gasteiger partial charge in [-0.25, -0.2) is 4.68 Å². The maximum absolute atomic E-state index is 11.2. The molecule has 0 amide bonds. The van der Waals surface area contributed by atoms with Crippen LogP contribution in [0, 0.1) is 10.1 Å². The standard InChI is InChI=1S/C12H20N4O3/c1-3-9-10(16(18)19)11(15(2)14-9)13-12(8-17)6-4-5-7-12/h13,17H,3-8H2,1-2H3. The maximum Gasteiger partial charge on any atom is 0.333 e. The number of rotatable bonds is 5. The Morgan fingerprint density at radius 1 is 1.53 bits per heavy atom. The smallest absolute Gasteiger partial charge is 0.333 e. The lowest BCUT2D eigenvalue weighted by atomic mass is 9.99. The van der Waals surface area contributed by atoms with E-state index in [1.807, 2.05) is 6.92 Å². The molecule has 0 atom stereocenters. The molecule has 19 heavy (non-hydrogen) atoms. The molecule has 2 rings (SSSR count). The average molecular weight is 268 g/mol. The highest BCUT2D eigenvalue weighted by Crippen LogP contribution is 2.37. The molecule has 0 radical (unpaired) electrons. The molecule has 7 nitrogen and oxygen atoms in total. The van der Waals surface area contributed by atoms with Crippen LogP contribution >= 0.6 is 0 Å². The predicted octanol–water partition coefficient (Wildman–Crippen LogP) is 1.61. The van der Waals surface area contributed by atoms with Crippen LogP contribution < -0.4 is 5.32 Å². The number of nitro groups is 1. The van der Waals surface area contributed by atoms with E-state index in [1.54, 1.807) is 7.05 Å². The van der Waals surface area contributed by atoms with Crippen LogP contribution in [0.25, 0.3) is 0 Å². The highest BCUT2D eigenvalue weighted by atomic mass is 16.6. The van der Waals surface area contributed by atoms with Crippen molar-refractivity contribution in [2.45, 2.75) is 44.6 Å². The number of nitrogens with one attached hydrogen (secondary N) is 1. The van der Waals surface area contributed by atoms with Crippen molar-refractivity contribution in [2.75, 3.05) is 11.9 Å². The Hall–Kier alpha value is -1.63. The van der Waals surface area contributed by atoms with Crippen LogP contribution in [-0.4, -0.2) is 32.0 Å². The van der Waals surface area contributed by atoms with Gasteiger partial charge in [0.2, 0.25) is 5.82 Å². The van der Waals surface area contributed by atoms with E-state index in [9.17, 15) is 15.2 Å². The molecule has 1 aliphatic rings. The van der Waals surface area contributed by atoms with Crippen molar-refractivity contribution in [1.29, 1.82) is 0 Å². The number of hydrogen-bond acceptors (Lipinski definition) is 5. The van der Waals surface area contributed by atoms with Crippen LogP contribution in [0.5, 0.6) is 0 Å². The molecule has 0 unspecified atom stereocenters. The van der Waals surface area contributed by atoms with Gasteiger partial charge in [0, 0.05) is 7.05 Å². The second kappa shape index (κ2) is 5.16. The third-order valence-electron chi connectivity index (χ3n) is 3.86. The highest BCUT2D eigenvalue weighted by Gasteiger charge is 2.37. The lowest BCUT2D eigenvalue weighted by molar-refractivity contribution is -0.384. The highest BCUT2D eigenvalue weighted by molar-refractivity contribution is 5.61. The summed E-state index contributed by atoms with van der Waals surface area (Å²) >= 11 is 0. The van der Waals surface area contributed by atoms with Crippen molar-refractivity contribution >= 4 is 11.5 Å². The Bertz CT molecular complexity index is 478. The van der Waals surface area contributed by atoms with Crippen LogP contribution in [0.1, 0.15) is 38.3 Å². The van der Waals surface area contributed by atoms with E-state index in [4.69, 9.17) is 0 Å². The zero-order valence-corrected chi connectivity index (χ0v) is 11.3. The van der Waals surface area contributed by atoms with E-state index in [-0.39, 0.29) is 12.3 Å². The van der Waals surface area contributed by atoms with Crippen LogP contribution in [0.3, 0.4) is 0 Å². The third kappa shape index (κ3) is 2.42. The van der Waals surface area contributed by atoms with Gasteiger partial charge in [0.05, 0.1) is 17.1 Å². The van der Waals surface area contributed by atoms with E-state index in [1.165, 1.54) is 4.68 Å². The number of aliphatic hydroxyl groups is 1. The normalized spacial score (nSPS) is 17.6. The Balaban J connectivity index is 2.38. The number of aromatic nitrogens is 2. The molecule has 0 aromatic carbocycles. The predicted molar refractivity (Wildman–Crippen MR) is 71.1 cm³/mol. The fourth-order valence-corrected chi connectivity index (χ4v) is 2.76. The minimum atomic E-state index is -0.441. The largest absolute Gasteiger partial charge is 0.394 e. The van der Waals surface area contributed by atoms with E-state index in [2.05, 4.69) is 10.4 Å². The van der Waals surface area contributed by atoms with Crippen LogP contribution in [0.2, 0.25) is 0 Å². The fraction of sp³-hybridized carbons (Fsp3) is 0.750. The Labute approximate surface area is 111 Å². The molecule has 1 heterocycles. The molecule has 0 saturated heterocycles. The second-order valence-electron chi connectivity index (χ2n) is 5.15.